The number of alkyl halides is 6. The number of aromatic amines is 1. The van der Waals surface area contributed by atoms with Gasteiger partial charge in [0.05, 0.1) is 22.4 Å². The highest BCUT2D eigenvalue weighted by molar-refractivity contribution is 5.88. The van der Waals surface area contributed by atoms with Gasteiger partial charge in [-0.15, -0.1) is 0 Å². The summed E-state index contributed by atoms with van der Waals surface area (Å²) < 4.78 is 108. The Morgan fingerprint density at radius 1 is 0.872 bits per heavy atom. The molecule has 1 N–H and O–H groups in total. The Balaban J connectivity index is 1.46. The van der Waals surface area contributed by atoms with E-state index in [0.29, 0.717) is 12.1 Å². The second kappa shape index (κ2) is 9.22. The van der Waals surface area contributed by atoms with Gasteiger partial charge in [-0.05, 0) is 41.1 Å². The van der Waals surface area contributed by atoms with E-state index in [1.807, 2.05) is 0 Å². The fourth-order valence-corrected chi connectivity index (χ4v) is 3.79. The first kappa shape index (κ1) is 25.9. The Morgan fingerprint density at radius 2 is 1.64 bits per heavy atom. The Kier molecular flexibility index (Phi) is 6.12. The van der Waals surface area contributed by atoms with Crippen molar-refractivity contribution >= 4 is 16.9 Å². The summed E-state index contributed by atoms with van der Waals surface area (Å²) in [6.45, 7) is 0. The number of rotatable bonds is 3. The predicted molar refractivity (Wildman–Crippen MR) is 119 cm³/mol. The molecule has 0 spiro atoms. The number of benzene rings is 2. The van der Waals surface area contributed by atoms with E-state index in [-0.39, 0.29) is 39.7 Å². The zero-order chi connectivity index (χ0) is 28.1. The molecular weight excluding hydrogens is 538 g/mol. The first-order valence-electron chi connectivity index (χ1n) is 10.8. The van der Waals surface area contributed by atoms with Crippen LogP contribution in [0.4, 0.5) is 35.1 Å². The lowest BCUT2D eigenvalue weighted by Gasteiger charge is -2.15. The van der Waals surface area contributed by atoms with Crippen LogP contribution < -0.4 is 4.68 Å². The van der Waals surface area contributed by atoms with Gasteiger partial charge in [0.25, 0.3) is 0 Å². The maximum absolute atomic E-state index is 14.1. The molecule has 0 aliphatic heterocycles. The van der Waals surface area contributed by atoms with Gasteiger partial charge in [0.2, 0.25) is 6.20 Å². The van der Waals surface area contributed by atoms with Crippen molar-refractivity contribution in [2.24, 2.45) is 0 Å². The topological polar surface area (TPSA) is 75.4 Å². The van der Waals surface area contributed by atoms with Gasteiger partial charge in [0.1, 0.15) is 28.6 Å². The molecule has 0 aliphatic carbocycles. The minimum atomic E-state index is -5.10. The van der Waals surface area contributed by atoms with E-state index in [1.54, 1.807) is 0 Å². The van der Waals surface area contributed by atoms with Gasteiger partial charge in [-0.2, -0.15) is 26.3 Å². The molecule has 0 saturated heterocycles. The smallest absolute Gasteiger partial charge is 0.333 e. The summed E-state index contributed by atoms with van der Waals surface area (Å²) in [5.74, 6) is -2.98. The van der Waals surface area contributed by atoms with Crippen LogP contribution in [0.2, 0.25) is 0 Å². The summed E-state index contributed by atoms with van der Waals surface area (Å²) in [5, 5.41) is 3.92. The Bertz CT molecular complexity index is 1730. The molecule has 0 atom stereocenters. The van der Waals surface area contributed by atoms with Gasteiger partial charge in [-0.1, -0.05) is 12.1 Å². The van der Waals surface area contributed by atoms with Crippen LogP contribution in [-0.4, -0.2) is 26.0 Å². The first-order valence-corrected chi connectivity index (χ1v) is 10.8. The van der Waals surface area contributed by atoms with Crippen molar-refractivity contribution in [3.8, 4) is 22.6 Å². The van der Waals surface area contributed by atoms with Gasteiger partial charge in [-0.3, -0.25) is 4.98 Å². The maximum atomic E-state index is 14.1. The summed E-state index contributed by atoms with van der Waals surface area (Å²) in [6, 6.07) is 6.91. The summed E-state index contributed by atoms with van der Waals surface area (Å²) >= 11 is 0. The Morgan fingerprint density at radius 3 is 2.31 bits per heavy atom. The van der Waals surface area contributed by atoms with Crippen molar-refractivity contribution < 1.29 is 44.6 Å². The lowest BCUT2D eigenvalue weighted by atomic mass is 9.99. The predicted octanol–water partition coefficient (Wildman–Crippen LogP) is 5.98. The monoisotopic (exact) mass is 550 g/mol. The summed E-state index contributed by atoms with van der Waals surface area (Å²) in [6.07, 6.45) is -6.72. The number of nitrogens with one attached hydrogen (secondary N) is 1. The highest BCUT2D eigenvalue weighted by Gasteiger charge is 2.38. The van der Waals surface area contributed by atoms with E-state index in [1.165, 1.54) is 24.5 Å². The van der Waals surface area contributed by atoms with Crippen molar-refractivity contribution in [2.75, 3.05) is 0 Å². The van der Waals surface area contributed by atoms with Crippen molar-refractivity contribution in [2.45, 2.75) is 12.4 Å². The molecule has 6 nitrogen and oxygen atoms in total. The average Bonchev–Trinajstić information content (AvgIpc) is 3.32. The number of carbonyl (C=O) groups excluding carboxylic acids is 1. The fourth-order valence-electron chi connectivity index (χ4n) is 3.79. The molecule has 0 saturated carbocycles. The number of fused-ring (bicyclic) bond motifs is 1. The highest BCUT2D eigenvalue weighted by Crippen LogP contribution is 2.40. The van der Waals surface area contributed by atoms with E-state index < -0.39 is 46.6 Å². The highest BCUT2D eigenvalue weighted by atomic mass is 19.4. The summed E-state index contributed by atoms with van der Waals surface area (Å²) in [7, 11) is 0. The number of halogens is 8. The van der Waals surface area contributed by atoms with Crippen molar-refractivity contribution in [3.05, 3.63) is 95.4 Å². The third-order valence-electron chi connectivity index (χ3n) is 5.67. The average molecular weight is 550 g/mol. The number of nitrogens with zero attached hydrogens (tertiary/aromatic N) is 4. The van der Waals surface area contributed by atoms with Crippen LogP contribution in [0.3, 0.4) is 0 Å². The number of hydrogen-bond donors (Lipinski definition) is 1. The maximum Gasteiger partial charge on any atom is 0.451 e. The van der Waals surface area contributed by atoms with Crippen molar-refractivity contribution in [1.82, 2.24) is 20.1 Å². The summed E-state index contributed by atoms with van der Waals surface area (Å²) in [5.41, 5.74) is -3.69. The van der Waals surface area contributed by atoms with Crippen LogP contribution in [0.25, 0.3) is 33.7 Å². The minimum absolute atomic E-state index is 0.000575. The van der Waals surface area contributed by atoms with E-state index >= 15 is 0 Å². The fraction of sp³-hybridized carbons (Fsp3) is 0.0800. The number of pyridine rings is 1. The number of aromatic nitrogens is 5. The molecule has 0 fully saturated rings. The number of carbonyl (C=O) groups is 1. The third-order valence-corrected chi connectivity index (χ3v) is 5.67. The normalized spacial score (nSPS) is 12.2. The van der Waals surface area contributed by atoms with Crippen LogP contribution in [0.15, 0.2) is 67.1 Å². The van der Waals surface area contributed by atoms with Crippen molar-refractivity contribution in [1.29, 1.82) is 0 Å². The van der Waals surface area contributed by atoms with Crippen LogP contribution in [0.5, 0.6) is 0 Å². The summed E-state index contributed by atoms with van der Waals surface area (Å²) in [4.78, 5) is 23.6. The van der Waals surface area contributed by atoms with Gasteiger partial charge >= 0.3 is 18.3 Å². The lowest BCUT2D eigenvalue weighted by Crippen LogP contribution is -2.46. The molecule has 5 aromatic rings. The standard InChI is InChI=1S/C25H11F8N5O/c26-17-3-1-2-15(21(17)27)22-36-19-10-35-38(11-20(19)37-22)23(39)12-4-7-18(34-9-12)14-6-5-13(24(28,29)30)8-16(14)25(31,32)33/h1-11H/p+1. The molecule has 3 heterocycles. The van der Waals surface area contributed by atoms with Crippen molar-refractivity contribution in [3.63, 3.8) is 0 Å². The van der Waals surface area contributed by atoms with E-state index in [0.717, 1.165) is 29.1 Å². The molecule has 3 aromatic heterocycles. The Hall–Kier alpha value is -4.75. The third kappa shape index (κ3) is 4.92. The molecule has 5 rings (SSSR count). The molecule has 0 bridgehead atoms. The number of imidazole rings is 1. The second-order valence-electron chi connectivity index (χ2n) is 8.20. The van der Waals surface area contributed by atoms with Gasteiger partial charge in [-0.25, -0.2) is 18.6 Å². The SMILES string of the molecule is O=C(c1ccc(-c2ccc(C(F)(F)F)cc2C(F)(F)F)nc1)[n+]1cc2[nH]c(-c3cccc(F)c3F)nc2cn1. The Labute approximate surface area is 212 Å². The largest absolute Gasteiger partial charge is 0.451 e. The molecule has 39 heavy (non-hydrogen) atoms. The quantitative estimate of drug-likeness (QED) is 0.222. The van der Waals surface area contributed by atoms with Crippen LogP contribution in [0, 0.1) is 11.6 Å². The van der Waals surface area contributed by atoms with E-state index in [2.05, 4.69) is 20.1 Å². The molecule has 0 amide bonds. The zero-order valence-electron chi connectivity index (χ0n) is 19.1. The molecule has 2 aromatic carbocycles. The van der Waals surface area contributed by atoms with Gasteiger partial charge in [0, 0.05) is 16.9 Å². The first-order chi connectivity index (χ1) is 18.3. The van der Waals surface area contributed by atoms with Crippen LogP contribution in [0.1, 0.15) is 21.5 Å². The van der Waals surface area contributed by atoms with Gasteiger partial charge in [0.15, 0.2) is 11.6 Å². The zero-order valence-corrected chi connectivity index (χ0v) is 19.1. The van der Waals surface area contributed by atoms with Gasteiger partial charge < -0.3 is 4.98 Å². The number of hydrogen-bond acceptors (Lipinski definition) is 4. The van der Waals surface area contributed by atoms with Crippen LogP contribution in [-0.2, 0) is 12.4 Å². The molecular formula is C25H12F8N5O+. The molecule has 0 unspecified atom stereocenters. The lowest BCUT2D eigenvalue weighted by molar-refractivity contribution is -0.633. The van der Waals surface area contributed by atoms with Crippen LogP contribution >= 0.6 is 0 Å². The molecule has 14 heteroatoms. The van der Waals surface area contributed by atoms with E-state index in [4.69, 9.17) is 0 Å². The van der Waals surface area contributed by atoms with E-state index in [9.17, 15) is 39.9 Å². The molecule has 0 aliphatic rings. The minimum Gasteiger partial charge on any atom is -0.333 e. The second-order valence-corrected chi connectivity index (χ2v) is 8.20. The molecule has 0 radical (unpaired) electrons. The number of H-pyrrole nitrogens is 1. The molecule has 198 valence electrons.